The van der Waals surface area contributed by atoms with E-state index in [9.17, 15) is 0 Å². The molecule has 84 valence electrons. The first-order valence-corrected chi connectivity index (χ1v) is 7.35. The molecule has 1 aliphatic rings. The maximum absolute atomic E-state index is 3.67. The zero-order valence-corrected chi connectivity index (χ0v) is 11.6. The Morgan fingerprint density at radius 2 is 2.13 bits per heavy atom. The van der Waals surface area contributed by atoms with Crippen molar-refractivity contribution in [3.8, 4) is 0 Å². The van der Waals surface area contributed by atoms with Gasteiger partial charge in [-0.25, -0.2) is 0 Å². The molecule has 15 heavy (non-hydrogen) atoms. The van der Waals surface area contributed by atoms with Crippen LogP contribution in [0.25, 0.3) is 0 Å². The highest BCUT2D eigenvalue weighted by molar-refractivity contribution is 9.10. The van der Waals surface area contributed by atoms with E-state index in [4.69, 9.17) is 0 Å². The van der Waals surface area contributed by atoms with E-state index in [1.807, 2.05) is 11.3 Å². The van der Waals surface area contributed by atoms with E-state index < -0.39 is 0 Å². The van der Waals surface area contributed by atoms with Crippen LogP contribution >= 0.6 is 27.3 Å². The number of hydrogen-bond donors (Lipinski definition) is 1. The molecule has 0 aromatic carbocycles. The van der Waals surface area contributed by atoms with Gasteiger partial charge in [0.2, 0.25) is 0 Å². The fourth-order valence-electron chi connectivity index (χ4n) is 2.16. The number of nitrogens with one attached hydrogen (secondary N) is 1. The monoisotopic (exact) mass is 287 g/mol. The van der Waals surface area contributed by atoms with Crippen LogP contribution in [0.15, 0.2) is 10.5 Å². The zero-order valence-electron chi connectivity index (χ0n) is 9.18. The molecule has 1 fully saturated rings. The first kappa shape index (κ1) is 11.6. The normalized spacial score (nSPS) is 18.3. The van der Waals surface area contributed by atoms with Crippen LogP contribution < -0.4 is 5.32 Å². The molecule has 2 rings (SSSR count). The van der Waals surface area contributed by atoms with Crippen molar-refractivity contribution in [1.82, 2.24) is 5.32 Å². The second kappa shape index (κ2) is 5.46. The molecule has 1 aromatic heterocycles. The molecule has 1 heterocycles. The van der Waals surface area contributed by atoms with Crippen LogP contribution in [0.4, 0.5) is 0 Å². The molecule has 0 atom stereocenters. The standard InChI is InChI=1S/C12H18BrNS/c1-9-12(13)7-11(15-9)8-14-10-5-3-2-4-6-10/h7,10,14H,2-6,8H2,1H3. The number of halogens is 1. The Bertz CT molecular complexity index is 296. The summed E-state index contributed by atoms with van der Waals surface area (Å²) >= 11 is 5.46. The predicted molar refractivity (Wildman–Crippen MR) is 70.5 cm³/mol. The molecule has 0 aliphatic heterocycles. The highest BCUT2D eigenvalue weighted by Crippen LogP contribution is 2.26. The Kier molecular flexibility index (Phi) is 4.23. The van der Waals surface area contributed by atoms with Gasteiger partial charge in [-0.1, -0.05) is 19.3 Å². The minimum atomic E-state index is 0.764. The van der Waals surface area contributed by atoms with E-state index in [1.54, 1.807) is 0 Å². The van der Waals surface area contributed by atoms with E-state index in [0.29, 0.717) is 0 Å². The van der Waals surface area contributed by atoms with Crippen molar-refractivity contribution in [1.29, 1.82) is 0 Å². The van der Waals surface area contributed by atoms with Gasteiger partial charge in [0.15, 0.2) is 0 Å². The summed E-state index contributed by atoms with van der Waals surface area (Å²) in [6.45, 7) is 3.21. The lowest BCUT2D eigenvalue weighted by atomic mass is 9.95. The Morgan fingerprint density at radius 3 is 2.73 bits per heavy atom. The summed E-state index contributed by atoms with van der Waals surface area (Å²) < 4.78 is 1.26. The van der Waals surface area contributed by atoms with Crippen LogP contribution in [0.3, 0.4) is 0 Å². The molecule has 1 aliphatic carbocycles. The third-order valence-corrected chi connectivity index (χ3v) is 5.21. The average molecular weight is 288 g/mol. The third-order valence-electron chi connectivity index (χ3n) is 3.08. The van der Waals surface area contributed by atoms with E-state index >= 15 is 0 Å². The molecule has 1 N–H and O–H groups in total. The SMILES string of the molecule is Cc1sc(CNC2CCCCC2)cc1Br. The lowest BCUT2D eigenvalue weighted by molar-refractivity contribution is 0.373. The molecule has 1 nitrogen and oxygen atoms in total. The summed E-state index contributed by atoms with van der Waals surface area (Å²) in [5.41, 5.74) is 0. The highest BCUT2D eigenvalue weighted by atomic mass is 79.9. The molecule has 0 radical (unpaired) electrons. The summed E-state index contributed by atoms with van der Waals surface area (Å²) in [6, 6.07) is 3.01. The molecule has 3 heteroatoms. The first-order chi connectivity index (χ1) is 7.25. The Labute approximate surface area is 104 Å². The van der Waals surface area contributed by atoms with Crippen LogP contribution in [-0.4, -0.2) is 6.04 Å². The minimum Gasteiger partial charge on any atom is -0.309 e. The zero-order chi connectivity index (χ0) is 10.7. The van der Waals surface area contributed by atoms with Crippen molar-refractivity contribution in [2.45, 2.75) is 51.6 Å². The average Bonchev–Trinajstić information content (AvgIpc) is 2.57. The van der Waals surface area contributed by atoms with Gasteiger partial charge in [0.05, 0.1) is 0 Å². The van der Waals surface area contributed by atoms with Gasteiger partial charge in [-0.15, -0.1) is 11.3 Å². The van der Waals surface area contributed by atoms with Crippen molar-refractivity contribution >= 4 is 27.3 Å². The highest BCUT2D eigenvalue weighted by Gasteiger charge is 2.12. The van der Waals surface area contributed by atoms with Gasteiger partial charge in [-0.05, 0) is 41.8 Å². The van der Waals surface area contributed by atoms with Crippen LogP contribution in [0.1, 0.15) is 41.9 Å². The van der Waals surface area contributed by atoms with Crippen molar-refractivity contribution in [2.24, 2.45) is 0 Å². The molecule has 1 saturated carbocycles. The second-order valence-electron chi connectivity index (χ2n) is 4.33. The summed E-state index contributed by atoms with van der Waals surface area (Å²) in [7, 11) is 0. The van der Waals surface area contributed by atoms with Gasteiger partial charge in [-0.3, -0.25) is 0 Å². The summed E-state index contributed by atoms with van der Waals surface area (Å²) in [4.78, 5) is 2.83. The van der Waals surface area contributed by atoms with Gasteiger partial charge in [0.25, 0.3) is 0 Å². The first-order valence-electron chi connectivity index (χ1n) is 5.74. The molecule has 0 spiro atoms. The number of thiophene rings is 1. The molecule has 0 amide bonds. The van der Waals surface area contributed by atoms with Crippen LogP contribution in [0.5, 0.6) is 0 Å². The van der Waals surface area contributed by atoms with Crippen LogP contribution in [0.2, 0.25) is 0 Å². The minimum absolute atomic E-state index is 0.764. The fourth-order valence-corrected chi connectivity index (χ4v) is 3.71. The topological polar surface area (TPSA) is 12.0 Å². The molecule has 1 aromatic rings. The Morgan fingerprint density at radius 1 is 1.40 bits per heavy atom. The lowest BCUT2D eigenvalue weighted by Gasteiger charge is -2.22. The molecular formula is C12H18BrNS. The molecule has 0 saturated heterocycles. The van der Waals surface area contributed by atoms with Gasteiger partial charge < -0.3 is 5.32 Å². The van der Waals surface area contributed by atoms with E-state index in [1.165, 1.54) is 46.3 Å². The molecule has 0 bridgehead atoms. The van der Waals surface area contributed by atoms with Gasteiger partial charge >= 0.3 is 0 Å². The van der Waals surface area contributed by atoms with Gasteiger partial charge in [0.1, 0.15) is 0 Å². The summed E-state index contributed by atoms with van der Waals surface area (Å²) in [5, 5.41) is 3.67. The third kappa shape index (κ3) is 3.30. The molecular weight excluding hydrogens is 270 g/mol. The second-order valence-corrected chi connectivity index (χ2v) is 6.53. The summed E-state index contributed by atoms with van der Waals surface area (Å²) in [6.07, 6.45) is 6.98. The lowest BCUT2D eigenvalue weighted by Crippen LogP contribution is -2.30. The fraction of sp³-hybridized carbons (Fsp3) is 0.667. The number of rotatable bonds is 3. The molecule has 0 unspecified atom stereocenters. The van der Waals surface area contributed by atoms with Crippen LogP contribution in [0, 0.1) is 6.92 Å². The Hall–Kier alpha value is 0.140. The smallest absolute Gasteiger partial charge is 0.0314 e. The quantitative estimate of drug-likeness (QED) is 0.877. The maximum Gasteiger partial charge on any atom is 0.0314 e. The maximum atomic E-state index is 3.67. The van der Waals surface area contributed by atoms with E-state index in [-0.39, 0.29) is 0 Å². The van der Waals surface area contributed by atoms with Crippen molar-refractivity contribution in [3.63, 3.8) is 0 Å². The summed E-state index contributed by atoms with van der Waals surface area (Å²) in [5.74, 6) is 0. The van der Waals surface area contributed by atoms with Gasteiger partial charge in [-0.2, -0.15) is 0 Å². The van der Waals surface area contributed by atoms with Crippen LogP contribution in [-0.2, 0) is 6.54 Å². The largest absolute Gasteiger partial charge is 0.309 e. The number of hydrogen-bond acceptors (Lipinski definition) is 2. The van der Waals surface area contributed by atoms with Gasteiger partial charge in [0, 0.05) is 26.8 Å². The van der Waals surface area contributed by atoms with E-state index in [0.717, 1.165) is 12.6 Å². The predicted octanol–water partition coefficient (Wildman–Crippen LogP) is 4.24. The van der Waals surface area contributed by atoms with Crippen molar-refractivity contribution < 1.29 is 0 Å². The van der Waals surface area contributed by atoms with Crippen molar-refractivity contribution in [2.75, 3.05) is 0 Å². The van der Waals surface area contributed by atoms with Crippen molar-refractivity contribution in [3.05, 3.63) is 20.3 Å². The van der Waals surface area contributed by atoms with E-state index in [2.05, 4.69) is 34.2 Å². The number of aryl methyl sites for hydroxylation is 1. The Balaban J connectivity index is 1.81.